The van der Waals surface area contributed by atoms with Gasteiger partial charge in [0.05, 0.1) is 22.6 Å². The van der Waals surface area contributed by atoms with Crippen LogP contribution in [0.3, 0.4) is 0 Å². The fourth-order valence-electron chi connectivity index (χ4n) is 5.22. The summed E-state index contributed by atoms with van der Waals surface area (Å²) in [7, 11) is -4.54. The molecular formula is C22H21F5O4S. The van der Waals surface area contributed by atoms with Gasteiger partial charge >= 0.3 is 6.18 Å². The molecule has 0 radical (unpaired) electrons. The summed E-state index contributed by atoms with van der Waals surface area (Å²) in [6.07, 6.45) is -4.05. The summed E-state index contributed by atoms with van der Waals surface area (Å²) in [5.41, 5.74) is -2.49. The molecule has 0 amide bonds. The highest BCUT2D eigenvalue weighted by Crippen LogP contribution is 2.61. The first kappa shape index (κ1) is 23.0. The SMILES string of the molecule is C[C@@]1(CO)CCC[C@@]2(S(=O)(=O)c3ccc(C(F)(F)F)cc3)c3c(F)ccc(F)c3OC[C@@H]12. The zero-order valence-electron chi connectivity index (χ0n) is 17.0. The van der Waals surface area contributed by atoms with E-state index in [1.807, 2.05) is 0 Å². The lowest BCUT2D eigenvalue weighted by Gasteiger charge is -2.54. The Morgan fingerprint density at radius 3 is 2.28 bits per heavy atom. The first-order chi connectivity index (χ1) is 14.9. The molecule has 32 heavy (non-hydrogen) atoms. The normalized spacial score (nSPS) is 27.9. The summed E-state index contributed by atoms with van der Waals surface area (Å²) in [5, 5.41) is 10.1. The Hall–Kier alpha value is -2.20. The zero-order valence-corrected chi connectivity index (χ0v) is 17.9. The first-order valence-electron chi connectivity index (χ1n) is 10.0. The summed E-state index contributed by atoms with van der Waals surface area (Å²) >= 11 is 0. The van der Waals surface area contributed by atoms with E-state index in [0.717, 1.165) is 24.3 Å². The van der Waals surface area contributed by atoms with Gasteiger partial charge in [-0.15, -0.1) is 0 Å². The lowest BCUT2D eigenvalue weighted by atomic mass is 9.60. The van der Waals surface area contributed by atoms with Gasteiger partial charge < -0.3 is 9.84 Å². The highest BCUT2D eigenvalue weighted by molar-refractivity contribution is 7.92. The Labute approximate surface area is 181 Å². The second-order valence-corrected chi connectivity index (χ2v) is 10.9. The number of hydrogen-bond acceptors (Lipinski definition) is 4. The van der Waals surface area contributed by atoms with Crippen molar-refractivity contribution in [2.75, 3.05) is 13.2 Å². The van der Waals surface area contributed by atoms with Crippen molar-refractivity contribution in [3.8, 4) is 5.75 Å². The van der Waals surface area contributed by atoms with Crippen molar-refractivity contribution >= 4 is 9.84 Å². The van der Waals surface area contributed by atoms with Crippen molar-refractivity contribution < 1.29 is 40.2 Å². The lowest BCUT2D eigenvalue weighted by Crippen LogP contribution is -2.58. The molecule has 0 aromatic heterocycles. The summed E-state index contributed by atoms with van der Waals surface area (Å²) in [6, 6.07) is 4.61. The second kappa shape index (κ2) is 7.41. The van der Waals surface area contributed by atoms with Gasteiger partial charge in [0.25, 0.3) is 0 Å². The fraction of sp³-hybridized carbons (Fsp3) is 0.455. The number of hydrogen-bond donors (Lipinski definition) is 1. The van der Waals surface area contributed by atoms with Crippen molar-refractivity contribution in [1.82, 2.24) is 0 Å². The monoisotopic (exact) mass is 476 g/mol. The average Bonchev–Trinajstić information content (AvgIpc) is 2.75. The molecule has 1 N–H and O–H groups in total. The van der Waals surface area contributed by atoms with E-state index < -0.39 is 72.1 Å². The molecule has 2 aromatic rings. The van der Waals surface area contributed by atoms with Gasteiger partial charge in [-0.1, -0.05) is 13.3 Å². The summed E-state index contributed by atoms with van der Waals surface area (Å²) in [5.74, 6) is -3.38. The second-order valence-electron chi connectivity index (χ2n) is 8.68. The van der Waals surface area contributed by atoms with E-state index in [4.69, 9.17) is 4.74 Å². The molecule has 10 heteroatoms. The number of halogens is 5. The predicted molar refractivity (Wildman–Crippen MR) is 105 cm³/mol. The van der Waals surface area contributed by atoms with E-state index >= 15 is 4.39 Å². The Kier molecular flexibility index (Phi) is 5.32. The summed E-state index contributed by atoms with van der Waals surface area (Å²) in [4.78, 5) is -0.436. The number of sulfone groups is 1. The van der Waals surface area contributed by atoms with Gasteiger partial charge in [-0.25, -0.2) is 17.2 Å². The van der Waals surface area contributed by atoms with Gasteiger partial charge in [0.2, 0.25) is 0 Å². The molecule has 0 unspecified atom stereocenters. The van der Waals surface area contributed by atoms with Crippen LogP contribution >= 0.6 is 0 Å². The standard InChI is InChI=1S/C22H21F5O4S/c1-20(12-28)9-2-10-21(17(20)11-31-19-16(24)8-7-15(23)18(19)21)32(29,30)14-5-3-13(4-6-14)22(25,26)27/h3-8,17,28H,2,9-12H2,1H3/t17-,20-,21-/m0/s1. The third-order valence-corrected chi connectivity index (χ3v) is 9.45. The summed E-state index contributed by atoms with van der Waals surface area (Å²) < 4.78 is 100. The number of aliphatic hydroxyl groups excluding tert-OH is 1. The Morgan fingerprint density at radius 2 is 1.69 bits per heavy atom. The van der Waals surface area contributed by atoms with Crippen LogP contribution < -0.4 is 4.74 Å². The van der Waals surface area contributed by atoms with Crippen molar-refractivity contribution in [2.24, 2.45) is 11.3 Å². The van der Waals surface area contributed by atoms with E-state index in [2.05, 4.69) is 0 Å². The Balaban J connectivity index is 2.01. The fourth-order valence-corrected chi connectivity index (χ4v) is 7.73. The Bertz CT molecular complexity index is 1150. The van der Waals surface area contributed by atoms with Gasteiger partial charge in [-0.3, -0.25) is 0 Å². The maximum Gasteiger partial charge on any atom is 0.416 e. The van der Waals surface area contributed by atoms with E-state index in [1.54, 1.807) is 6.92 Å². The number of ether oxygens (including phenoxy) is 1. The minimum atomic E-state index is -4.66. The molecule has 0 spiro atoms. The molecule has 2 aromatic carbocycles. The van der Waals surface area contributed by atoms with Crippen molar-refractivity contribution in [3.63, 3.8) is 0 Å². The number of benzene rings is 2. The van der Waals surface area contributed by atoms with E-state index in [-0.39, 0.29) is 19.4 Å². The third-order valence-electron chi connectivity index (χ3n) is 6.91. The molecule has 2 aliphatic rings. The molecule has 0 saturated heterocycles. The highest BCUT2D eigenvalue weighted by Gasteiger charge is 2.63. The third kappa shape index (κ3) is 3.14. The largest absolute Gasteiger partial charge is 0.490 e. The summed E-state index contributed by atoms with van der Waals surface area (Å²) in [6.45, 7) is 0.946. The maximum absolute atomic E-state index is 15.2. The van der Waals surface area contributed by atoms with Crippen molar-refractivity contribution in [2.45, 2.75) is 42.0 Å². The van der Waals surface area contributed by atoms with Crippen LogP contribution in [-0.2, 0) is 20.8 Å². The quantitative estimate of drug-likeness (QED) is 0.644. The van der Waals surface area contributed by atoms with Gasteiger partial charge in [0.1, 0.15) is 10.6 Å². The molecule has 1 aliphatic carbocycles. The maximum atomic E-state index is 15.2. The molecule has 1 saturated carbocycles. The molecule has 0 bridgehead atoms. The highest BCUT2D eigenvalue weighted by atomic mass is 32.2. The van der Waals surface area contributed by atoms with Gasteiger partial charge in [0, 0.05) is 12.5 Å². The van der Waals surface area contributed by atoms with Gasteiger partial charge in [0.15, 0.2) is 21.4 Å². The smallest absolute Gasteiger partial charge is 0.416 e. The number of rotatable bonds is 3. The van der Waals surface area contributed by atoms with Gasteiger partial charge in [-0.05, 0) is 54.7 Å². The molecule has 174 valence electrons. The lowest BCUT2D eigenvalue weighted by molar-refractivity contribution is -0.137. The van der Waals surface area contributed by atoms with Crippen LogP contribution in [0.15, 0.2) is 41.3 Å². The van der Waals surface area contributed by atoms with E-state index in [9.17, 15) is 31.1 Å². The molecule has 4 rings (SSSR count). The van der Waals surface area contributed by atoms with Crippen LogP contribution in [0.2, 0.25) is 0 Å². The van der Waals surface area contributed by atoms with Crippen LogP contribution in [-0.4, -0.2) is 26.7 Å². The zero-order chi connectivity index (χ0) is 23.5. The van der Waals surface area contributed by atoms with Crippen LogP contribution in [0.25, 0.3) is 0 Å². The topological polar surface area (TPSA) is 63.6 Å². The van der Waals surface area contributed by atoms with Crippen LogP contribution in [0.1, 0.15) is 37.3 Å². The van der Waals surface area contributed by atoms with Crippen molar-refractivity contribution in [3.05, 3.63) is 59.2 Å². The molecule has 1 aliphatic heterocycles. The van der Waals surface area contributed by atoms with Gasteiger partial charge in [-0.2, -0.15) is 13.2 Å². The Morgan fingerprint density at radius 1 is 1.06 bits per heavy atom. The molecule has 1 heterocycles. The molecule has 3 atom stereocenters. The minimum Gasteiger partial charge on any atom is -0.490 e. The number of aliphatic hydroxyl groups is 1. The van der Waals surface area contributed by atoms with Crippen LogP contribution in [0.5, 0.6) is 5.75 Å². The van der Waals surface area contributed by atoms with E-state index in [0.29, 0.717) is 18.6 Å². The first-order valence-corrected chi connectivity index (χ1v) is 11.5. The minimum absolute atomic E-state index is 0.0899. The van der Waals surface area contributed by atoms with Crippen molar-refractivity contribution in [1.29, 1.82) is 0 Å². The van der Waals surface area contributed by atoms with E-state index in [1.165, 1.54) is 0 Å². The molecular weight excluding hydrogens is 455 g/mol. The van der Waals surface area contributed by atoms with Crippen LogP contribution in [0, 0.1) is 23.0 Å². The number of fused-ring (bicyclic) bond motifs is 3. The predicted octanol–water partition coefficient (Wildman–Crippen LogP) is 4.84. The number of alkyl halides is 3. The molecule has 1 fully saturated rings. The average molecular weight is 476 g/mol. The molecule has 4 nitrogen and oxygen atoms in total. The van der Waals surface area contributed by atoms with Crippen LogP contribution in [0.4, 0.5) is 22.0 Å².